The van der Waals surface area contributed by atoms with E-state index in [1.54, 1.807) is 35.7 Å². The number of aliphatic hydroxyl groups excluding tert-OH is 1. The first-order valence-electron chi connectivity index (χ1n) is 16.8. The van der Waals surface area contributed by atoms with Gasteiger partial charge in [-0.3, -0.25) is 4.79 Å². The van der Waals surface area contributed by atoms with Crippen molar-refractivity contribution in [2.75, 3.05) is 6.54 Å². The molecule has 4 atom stereocenters. The molecular formula is C37H38N9O4S+. The third-order valence-electron chi connectivity index (χ3n) is 9.25. The van der Waals surface area contributed by atoms with Gasteiger partial charge in [0.2, 0.25) is 5.91 Å². The smallest absolute Gasteiger partial charge is 0.330 e. The monoisotopic (exact) mass is 704 g/mol. The highest BCUT2D eigenvalue weighted by Crippen LogP contribution is 2.32. The number of aliphatic hydroxyl groups is 1. The number of β-amino-alcohol motifs (C(OH)–C–C–N with tert-alkyl or cyclic N) is 1. The maximum Gasteiger partial charge on any atom is 0.330 e. The number of nitrogens with one attached hydrogen (secondary N) is 1. The lowest BCUT2D eigenvalue weighted by atomic mass is 10.0. The van der Waals surface area contributed by atoms with Crippen LogP contribution in [0.5, 0.6) is 5.75 Å². The topological polar surface area (TPSA) is 162 Å². The minimum atomic E-state index is -0.872. The SMILES string of the molecule is Cc1ncsc1-c1ccc([C@H](C)NC(=O)[C@@H]2C[C@@H](O)CN2[N+](=O)[C@H](C(C)C)n2cc(-c3ccc4nnc(-c5ccccc5O)cc4c3)nn2)cc1. The predicted molar refractivity (Wildman–Crippen MR) is 193 cm³/mol. The summed E-state index contributed by atoms with van der Waals surface area (Å²) in [6, 6.07) is 21.2. The average molecular weight is 705 g/mol. The van der Waals surface area contributed by atoms with Crippen LogP contribution in [0.15, 0.2) is 84.5 Å². The number of fused-ring (bicyclic) bond motifs is 1. The molecule has 0 unspecified atom stereocenters. The van der Waals surface area contributed by atoms with Crippen LogP contribution in [0.1, 0.15) is 50.7 Å². The first-order valence-corrected chi connectivity index (χ1v) is 17.6. The predicted octanol–water partition coefficient (Wildman–Crippen LogP) is 5.85. The standard InChI is InChI=1S/C37H37N9O4S/c1-21(2)37(44-19-32(42-43-44)26-13-14-30-27(15-26)16-31(41-40-30)29-7-5-6-8-34(29)48)46(50)45-18-28(47)17-33(45)36(49)39-22(3)24-9-11-25(12-10-24)35-23(4)38-20-51-35/h5-16,19-22,28,33,37,47H,17-18H2,1-4H3,(H-,39,41,48,49)/p+1/t22-,28+,33-,37+/m0/s1. The molecule has 0 saturated carbocycles. The van der Waals surface area contributed by atoms with Crippen molar-refractivity contribution in [2.45, 2.75) is 58.5 Å². The lowest BCUT2D eigenvalue weighted by Crippen LogP contribution is -2.50. The summed E-state index contributed by atoms with van der Waals surface area (Å²) in [5, 5.41) is 43.5. The Labute approximate surface area is 298 Å². The van der Waals surface area contributed by atoms with Crippen molar-refractivity contribution in [3.05, 3.63) is 101 Å². The number of phenols is 1. The summed E-state index contributed by atoms with van der Waals surface area (Å²) in [6.45, 7) is 7.68. The number of hydrazine groups is 1. The summed E-state index contributed by atoms with van der Waals surface area (Å²) in [6.07, 6.45) is 0.135. The van der Waals surface area contributed by atoms with Crippen molar-refractivity contribution < 1.29 is 19.9 Å². The van der Waals surface area contributed by atoms with Crippen molar-refractivity contribution in [3.8, 4) is 38.7 Å². The van der Waals surface area contributed by atoms with E-state index in [4.69, 9.17) is 0 Å². The lowest BCUT2D eigenvalue weighted by molar-refractivity contribution is -0.759. The van der Waals surface area contributed by atoms with Crippen LogP contribution in [0, 0.1) is 17.7 Å². The van der Waals surface area contributed by atoms with E-state index in [9.17, 15) is 19.9 Å². The fourth-order valence-corrected chi connectivity index (χ4v) is 7.34. The molecule has 1 amide bonds. The van der Waals surface area contributed by atoms with Gasteiger partial charge < -0.3 is 15.5 Å². The molecule has 1 saturated heterocycles. The van der Waals surface area contributed by atoms with Gasteiger partial charge in [0.05, 0.1) is 50.5 Å². The Morgan fingerprint density at radius 1 is 0.980 bits per heavy atom. The van der Waals surface area contributed by atoms with Crippen LogP contribution in [0.2, 0.25) is 0 Å². The molecule has 0 spiro atoms. The molecule has 4 heterocycles. The van der Waals surface area contributed by atoms with E-state index < -0.39 is 18.3 Å². The van der Waals surface area contributed by atoms with Gasteiger partial charge in [0.1, 0.15) is 22.9 Å². The number of nitrogens with zero attached hydrogens (tertiary/aromatic N) is 8. The van der Waals surface area contributed by atoms with Gasteiger partial charge in [-0.1, -0.05) is 61.5 Å². The number of phenolic OH excluding ortho intramolecular Hbond substituents is 1. The second-order valence-corrected chi connectivity index (χ2v) is 14.1. The molecule has 3 aromatic carbocycles. The highest BCUT2D eigenvalue weighted by molar-refractivity contribution is 7.13. The number of benzene rings is 3. The number of nitroso groups, excluding NO2 is 1. The van der Waals surface area contributed by atoms with Gasteiger partial charge in [0.25, 0.3) is 0 Å². The molecule has 1 aliphatic rings. The first kappa shape index (κ1) is 33.9. The number of aromatic nitrogens is 6. The maximum atomic E-state index is 14.1. The molecule has 0 radical (unpaired) electrons. The van der Waals surface area contributed by atoms with E-state index in [1.807, 2.05) is 87.8 Å². The number of carbonyl (C=O) groups is 1. The van der Waals surface area contributed by atoms with E-state index in [2.05, 4.69) is 30.8 Å². The van der Waals surface area contributed by atoms with Gasteiger partial charge in [0, 0.05) is 28.9 Å². The molecule has 1 fully saturated rings. The van der Waals surface area contributed by atoms with Gasteiger partial charge in [0.15, 0.2) is 6.04 Å². The summed E-state index contributed by atoms with van der Waals surface area (Å²) >= 11 is 1.58. The fourth-order valence-electron chi connectivity index (χ4n) is 6.53. The van der Waals surface area contributed by atoms with Crippen molar-refractivity contribution in [1.82, 2.24) is 40.5 Å². The zero-order valence-electron chi connectivity index (χ0n) is 28.6. The van der Waals surface area contributed by atoms with Gasteiger partial charge in [-0.05, 0) is 55.3 Å². The van der Waals surface area contributed by atoms with Crippen LogP contribution in [-0.4, -0.2) is 74.9 Å². The highest BCUT2D eigenvalue weighted by Gasteiger charge is 2.49. The number of carbonyl (C=O) groups excluding carboxylic acids is 1. The number of rotatable bonds is 10. The summed E-state index contributed by atoms with van der Waals surface area (Å²) in [4.78, 5) is 34.0. The van der Waals surface area contributed by atoms with Crippen molar-refractivity contribution in [1.29, 1.82) is 0 Å². The zero-order chi connectivity index (χ0) is 35.8. The molecule has 1 aliphatic heterocycles. The average Bonchev–Trinajstić information content (AvgIpc) is 3.88. The van der Waals surface area contributed by atoms with E-state index in [-0.39, 0.29) is 36.6 Å². The van der Waals surface area contributed by atoms with Crippen molar-refractivity contribution >= 4 is 28.1 Å². The number of hydrogen-bond acceptors (Lipinski definition) is 10. The quantitative estimate of drug-likeness (QED) is 0.147. The number of hydrogen-bond donors (Lipinski definition) is 3. The largest absolute Gasteiger partial charge is 0.507 e. The first-order chi connectivity index (χ1) is 24.6. The van der Waals surface area contributed by atoms with Crippen molar-refractivity contribution in [2.24, 2.45) is 5.92 Å². The summed E-state index contributed by atoms with van der Waals surface area (Å²) in [5.74, 6) is -0.461. The number of para-hydroxylation sites is 1. The molecule has 0 bridgehead atoms. The van der Waals surface area contributed by atoms with Crippen LogP contribution in [0.4, 0.5) is 0 Å². The Morgan fingerprint density at radius 2 is 1.75 bits per heavy atom. The van der Waals surface area contributed by atoms with Crippen LogP contribution in [-0.2, 0) is 4.79 Å². The van der Waals surface area contributed by atoms with Gasteiger partial charge in [-0.15, -0.1) is 31.6 Å². The summed E-state index contributed by atoms with van der Waals surface area (Å²) < 4.78 is 1.50. The minimum absolute atomic E-state index is 0.00858. The Morgan fingerprint density at radius 3 is 2.47 bits per heavy atom. The maximum absolute atomic E-state index is 14.1. The third kappa shape index (κ3) is 6.79. The van der Waals surface area contributed by atoms with Crippen molar-refractivity contribution in [3.63, 3.8) is 0 Å². The van der Waals surface area contributed by atoms with E-state index in [0.29, 0.717) is 22.5 Å². The number of thiazole rings is 1. The van der Waals surface area contributed by atoms with Crippen LogP contribution >= 0.6 is 11.3 Å². The van der Waals surface area contributed by atoms with Gasteiger partial charge in [-0.2, -0.15) is 4.68 Å². The molecule has 13 nitrogen and oxygen atoms in total. The second-order valence-electron chi connectivity index (χ2n) is 13.2. The molecule has 6 aromatic rings. The minimum Gasteiger partial charge on any atom is -0.507 e. The lowest BCUT2D eigenvalue weighted by Gasteiger charge is -2.23. The van der Waals surface area contributed by atoms with E-state index in [0.717, 1.165) is 37.5 Å². The van der Waals surface area contributed by atoms with E-state index >= 15 is 0 Å². The molecule has 51 heavy (non-hydrogen) atoms. The highest BCUT2D eigenvalue weighted by atomic mass is 32.1. The molecule has 0 aliphatic carbocycles. The third-order valence-corrected chi connectivity index (χ3v) is 10.2. The second kappa shape index (κ2) is 14.0. The normalized spacial score (nSPS) is 17.2. The Bertz CT molecular complexity index is 2220. The fraction of sp³-hybridized carbons (Fsp3) is 0.297. The summed E-state index contributed by atoms with van der Waals surface area (Å²) in [7, 11) is 0. The Kier molecular flexibility index (Phi) is 9.27. The number of aryl methyl sites for hydroxylation is 1. The molecular weight excluding hydrogens is 667 g/mol. The Balaban J connectivity index is 1.08. The number of aromatic hydroxyl groups is 1. The molecule has 3 aromatic heterocycles. The van der Waals surface area contributed by atoms with Gasteiger partial charge in [-0.25, -0.2) is 4.98 Å². The molecule has 3 N–H and O–H groups in total. The van der Waals surface area contributed by atoms with Crippen LogP contribution in [0.25, 0.3) is 43.9 Å². The molecule has 7 rings (SSSR count). The Hall–Kier alpha value is -5.60. The van der Waals surface area contributed by atoms with E-state index in [1.165, 1.54) is 9.69 Å². The van der Waals surface area contributed by atoms with Crippen LogP contribution < -0.4 is 5.32 Å². The van der Waals surface area contributed by atoms with Crippen LogP contribution in [0.3, 0.4) is 0 Å². The molecule has 260 valence electrons. The van der Waals surface area contributed by atoms with Gasteiger partial charge >= 0.3 is 6.17 Å². The molecule has 14 heteroatoms. The summed E-state index contributed by atoms with van der Waals surface area (Å²) in [5.41, 5.74) is 7.85. The number of amides is 1. The zero-order valence-corrected chi connectivity index (χ0v) is 29.4.